The Labute approximate surface area is 181 Å². The second kappa shape index (κ2) is 9.21. The fourth-order valence-corrected chi connectivity index (χ4v) is 4.56. The van der Waals surface area contributed by atoms with E-state index in [1.54, 1.807) is 4.52 Å². The summed E-state index contributed by atoms with van der Waals surface area (Å²) in [6.45, 7) is 4.49. The molecule has 0 bridgehead atoms. The van der Waals surface area contributed by atoms with E-state index in [9.17, 15) is 4.79 Å². The monoisotopic (exact) mass is 428 g/mol. The van der Waals surface area contributed by atoms with Crippen LogP contribution in [0.25, 0.3) is 16.9 Å². The zero-order valence-corrected chi connectivity index (χ0v) is 18.5. The van der Waals surface area contributed by atoms with Crippen LogP contribution in [0.15, 0.2) is 23.0 Å². The predicted octanol–water partition coefficient (Wildman–Crippen LogP) is 5.22. The van der Waals surface area contributed by atoms with Crippen molar-refractivity contribution in [1.82, 2.24) is 19.6 Å². The molecule has 2 heterocycles. The number of hydrogen-bond acceptors (Lipinski definition) is 4. The molecule has 0 unspecified atom stereocenters. The molecule has 1 aliphatic carbocycles. The summed E-state index contributed by atoms with van der Waals surface area (Å²) in [7, 11) is 0. The van der Waals surface area contributed by atoms with Gasteiger partial charge < -0.3 is 9.72 Å². The van der Waals surface area contributed by atoms with Crippen LogP contribution in [-0.2, 0) is 12.3 Å². The fourth-order valence-electron chi connectivity index (χ4n) is 4.39. The molecule has 0 spiro atoms. The van der Waals surface area contributed by atoms with Crippen LogP contribution in [0.1, 0.15) is 75.4 Å². The van der Waals surface area contributed by atoms with Gasteiger partial charge in [-0.25, -0.2) is 9.50 Å². The number of rotatable bonds is 6. The Bertz CT molecular complexity index is 1080. The molecule has 1 fully saturated rings. The van der Waals surface area contributed by atoms with E-state index in [4.69, 9.17) is 26.4 Å². The standard InChI is InChI=1S/C23H29ClN4O2/c1-3-18-20-23(29)26-21(17-13-15(14-24)11-12-19(17)30-4-2)27-28(20)22(25-18)16-9-7-5-6-8-10-16/h11-13,16H,3-10,14H2,1-2H3,(H,26,27,29). The van der Waals surface area contributed by atoms with E-state index in [0.29, 0.717) is 41.9 Å². The maximum absolute atomic E-state index is 13.1. The summed E-state index contributed by atoms with van der Waals surface area (Å²) in [5.41, 5.74) is 2.90. The molecule has 3 aromatic rings. The maximum Gasteiger partial charge on any atom is 0.277 e. The molecule has 1 N–H and O–H groups in total. The van der Waals surface area contributed by atoms with E-state index >= 15 is 0 Å². The largest absolute Gasteiger partial charge is 0.493 e. The maximum atomic E-state index is 13.1. The second-order valence-corrected chi connectivity index (χ2v) is 8.19. The Morgan fingerprint density at radius 2 is 1.97 bits per heavy atom. The number of aromatic amines is 1. The van der Waals surface area contributed by atoms with E-state index in [-0.39, 0.29) is 5.56 Å². The number of ether oxygens (including phenoxy) is 1. The average molecular weight is 429 g/mol. The van der Waals surface area contributed by atoms with Gasteiger partial charge in [-0.2, -0.15) is 0 Å². The number of halogens is 1. The number of hydrogen-bond donors (Lipinski definition) is 1. The van der Waals surface area contributed by atoms with Gasteiger partial charge in [0.05, 0.1) is 17.9 Å². The molecule has 0 atom stereocenters. The Morgan fingerprint density at radius 3 is 2.63 bits per heavy atom. The molecular weight excluding hydrogens is 400 g/mol. The van der Waals surface area contributed by atoms with Crippen LogP contribution >= 0.6 is 11.6 Å². The van der Waals surface area contributed by atoms with Crippen molar-refractivity contribution in [2.24, 2.45) is 0 Å². The van der Waals surface area contributed by atoms with Crippen LogP contribution < -0.4 is 10.3 Å². The lowest BCUT2D eigenvalue weighted by molar-refractivity contribution is 0.341. The Balaban J connectivity index is 1.91. The van der Waals surface area contributed by atoms with E-state index in [2.05, 4.69) is 4.98 Å². The van der Waals surface area contributed by atoms with Crippen molar-refractivity contribution in [3.8, 4) is 17.1 Å². The zero-order valence-electron chi connectivity index (χ0n) is 17.7. The van der Waals surface area contributed by atoms with Gasteiger partial charge in [-0.1, -0.05) is 38.7 Å². The topological polar surface area (TPSA) is 72.3 Å². The third-order valence-corrected chi connectivity index (χ3v) is 6.22. The van der Waals surface area contributed by atoms with Gasteiger partial charge in [0.2, 0.25) is 0 Å². The molecule has 0 amide bonds. The number of aromatic nitrogens is 4. The molecular formula is C23H29ClN4O2. The minimum Gasteiger partial charge on any atom is -0.493 e. The number of nitrogens with one attached hydrogen (secondary N) is 1. The van der Waals surface area contributed by atoms with Crippen LogP contribution in [0.5, 0.6) is 5.75 Å². The highest BCUT2D eigenvalue weighted by Gasteiger charge is 2.24. The molecule has 0 saturated heterocycles. The Hall–Kier alpha value is -2.34. The highest BCUT2D eigenvalue weighted by molar-refractivity contribution is 6.17. The van der Waals surface area contributed by atoms with E-state index < -0.39 is 0 Å². The van der Waals surface area contributed by atoms with Crippen molar-refractivity contribution in [2.75, 3.05) is 6.61 Å². The third kappa shape index (κ3) is 3.97. The van der Waals surface area contributed by atoms with Gasteiger partial charge in [-0.15, -0.1) is 16.7 Å². The number of nitrogens with zero attached hydrogens (tertiary/aromatic N) is 3. The third-order valence-electron chi connectivity index (χ3n) is 5.91. The second-order valence-electron chi connectivity index (χ2n) is 7.92. The normalized spacial score (nSPS) is 15.4. The fraction of sp³-hybridized carbons (Fsp3) is 0.522. The van der Waals surface area contributed by atoms with E-state index in [1.165, 1.54) is 25.7 Å². The SMILES string of the molecule is CCOc1ccc(CCl)cc1-c1nn2c(C3CCCCCC3)nc(CC)c2c(=O)[nH]1. The number of imidazole rings is 1. The first-order valence-electron chi connectivity index (χ1n) is 11.0. The van der Waals surface area contributed by atoms with Gasteiger partial charge in [0.25, 0.3) is 5.56 Å². The predicted molar refractivity (Wildman–Crippen MR) is 120 cm³/mol. The number of benzene rings is 1. The molecule has 0 aliphatic heterocycles. The first-order valence-corrected chi connectivity index (χ1v) is 11.5. The van der Waals surface area contributed by atoms with Crippen LogP contribution in [-0.4, -0.2) is 26.2 Å². The smallest absolute Gasteiger partial charge is 0.277 e. The van der Waals surface area contributed by atoms with Gasteiger partial charge in [0, 0.05) is 11.8 Å². The van der Waals surface area contributed by atoms with Crippen LogP contribution in [0.4, 0.5) is 0 Å². The molecule has 4 rings (SSSR count). The van der Waals surface area contributed by atoms with Gasteiger partial charge in [0.15, 0.2) is 11.3 Å². The molecule has 6 nitrogen and oxygen atoms in total. The van der Waals surface area contributed by atoms with Crippen molar-refractivity contribution in [3.05, 3.63) is 45.6 Å². The zero-order chi connectivity index (χ0) is 21.1. The minimum atomic E-state index is -0.164. The lowest BCUT2D eigenvalue weighted by atomic mass is 10.00. The highest BCUT2D eigenvalue weighted by atomic mass is 35.5. The van der Waals surface area contributed by atoms with E-state index in [0.717, 1.165) is 35.5 Å². The summed E-state index contributed by atoms with van der Waals surface area (Å²) in [6, 6.07) is 5.75. The van der Waals surface area contributed by atoms with Crippen molar-refractivity contribution in [1.29, 1.82) is 0 Å². The van der Waals surface area contributed by atoms with Gasteiger partial charge in [-0.3, -0.25) is 4.79 Å². The average Bonchev–Trinajstić information content (AvgIpc) is 2.93. The van der Waals surface area contributed by atoms with Crippen molar-refractivity contribution >= 4 is 17.1 Å². The van der Waals surface area contributed by atoms with E-state index in [1.807, 2.05) is 32.0 Å². The molecule has 1 saturated carbocycles. The van der Waals surface area contributed by atoms with Crippen LogP contribution in [0.2, 0.25) is 0 Å². The van der Waals surface area contributed by atoms with Gasteiger partial charge in [-0.05, 0) is 43.9 Å². The van der Waals surface area contributed by atoms with Gasteiger partial charge >= 0.3 is 0 Å². The number of H-pyrrole nitrogens is 1. The minimum absolute atomic E-state index is 0.164. The van der Waals surface area contributed by atoms with Crippen molar-refractivity contribution < 1.29 is 4.74 Å². The summed E-state index contributed by atoms with van der Waals surface area (Å²) in [5, 5.41) is 4.87. The lowest BCUT2D eigenvalue weighted by Gasteiger charge is -2.14. The Morgan fingerprint density at radius 1 is 1.20 bits per heavy atom. The molecule has 30 heavy (non-hydrogen) atoms. The molecule has 7 heteroatoms. The first-order chi connectivity index (χ1) is 14.7. The number of fused-ring (bicyclic) bond motifs is 1. The molecule has 160 valence electrons. The first kappa shape index (κ1) is 20.9. The highest BCUT2D eigenvalue weighted by Crippen LogP contribution is 2.33. The summed E-state index contributed by atoms with van der Waals surface area (Å²) >= 11 is 6.06. The molecule has 0 radical (unpaired) electrons. The van der Waals surface area contributed by atoms with Crippen molar-refractivity contribution in [2.45, 2.75) is 70.6 Å². The number of aryl methyl sites for hydroxylation is 1. The van der Waals surface area contributed by atoms with Gasteiger partial charge in [0.1, 0.15) is 11.6 Å². The number of alkyl halides is 1. The summed E-state index contributed by atoms with van der Waals surface area (Å²) < 4.78 is 7.60. The quantitative estimate of drug-likeness (QED) is 0.431. The molecule has 1 aliphatic rings. The lowest BCUT2D eigenvalue weighted by Crippen LogP contribution is -2.17. The summed E-state index contributed by atoms with van der Waals surface area (Å²) in [6.07, 6.45) is 7.82. The van der Waals surface area contributed by atoms with Crippen LogP contribution in [0, 0.1) is 0 Å². The van der Waals surface area contributed by atoms with Crippen LogP contribution in [0.3, 0.4) is 0 Å². The summed E-state index contributed by atoms with van der Waals surface area (Å²) in [4.78, 5) is 21.0. The molecule has 2 aromatic heterocycles. The summed E-state index contributed by atoms with van der Waals surface area (Å²) in [5.74, 6) is 2.80. The molecule has 1 aromatic carbocycles. The Kier molecular flexibility index (Phi) is 6.42. The van der Waals surface area contributed by atoms with Crippen molar-refractivity contribution in [3.63, 3.8) is 0 Å².